The molecule has 1 aliphatic rings. The minimum Gasteiger partial charge on any atom is -0.229 e. The van der Waals surface area contributed by atoms with Crippen LogP contribution in [-0.2, 0) is 16.3 Å². The van der Waals surface area contributed by atoms with E-state index in [9.17, 15) is 8.42 Å². The van der Waals surface area contributed by atoms with Gasteiger partial charge in [-0.3, -0.25) is 0 Å². The van der Waals surface area contributed by atoms with Gasteiger partial charge in [-0.1, -0.05) is 31.2 Å². The number of benzene rings is 1. The lowest BCUT2D eigenvalue weighted by Crippen LogP contribution is -2.21. The van der Waals surface area contributed by atoms with Gasteiger partial charge in [0.05, 0.1) is 11.1 Å². The van der Waals surface area contributed by atoms with Crippen LogP contribution in [0, 0.1) is 5.92 Å². The molecule has 4 heteroatoms. The van der Waals surface area contributed by atoms with Crippen molar-refractivity contribution < 1.29 is 8.42 Å². The summed E-state index contributed by atoms with van der Waals surface area (Å²) in [7, 11) is -2.88. The van der Waals surface area contributed by atoms with Crippen LogP contribution in [0.4, 0.5) is 0 Å². The summed E-state index contributed by atoms with van der Waals surface area (Å²) in [6.45, 7) is 1.70. The van der Waals surface area contributed by atoms with E-state index in [1.165, 1.54) is 11.1 Å². The lowest BCUT2D eigenvalue weighted by molar-refractivity contribution is 0.430. The summed E-state index contributed by atoms with van der Waals surface area (Å²) < 4.78 is 23.1. The second-order valence-corrected chi connectivity index (χ2v) is 7.87. The van der Waals surface area contributed by atoms with Gasteiger partial charge in [0.1, 0.15) is 9.84 Å². The molecule has 0 fully saturated rings. The highest BCUT2D eigenvalue weighted by Gasteiger charge is 2.28. The Morgan fingerprint density at radius 3 is 2.78 bits per heavy atom. The van der Waals surface area contributed by atoms with Gasteiger partial charge in [-0.25, -0.2) is 8.42 Å². The molecule has 1 aromatic rings. The van der Waals surface area contributed by atoms with Crippen molar-refractivity contribution in [2.45, 2.75) is 31.6 Å². The Bertz CT molecular complexity index is 510. The summed E-state index contributed by atoms with van der Waals surface area (Å²) in [5, 5.41) is -0.0398. The van der Waals surface area contributed by atoms with Crippen molar-refractivity contribution in [3.05, 3.63) is 35.4 Å². The third kappa shape index (κ3) is 3.07. The number of rotatable bonds is 4. The maximum Gasteiger partial charge on any atom is 0.150 e. The van der Waals surface area contributed by atoms with E-state index in [2.05, 4.69) is 12.1 Å². The molecule has 0 saturated carbocycles. The highest BCUT2D eigenvalue weighted by Crippen LogP contribution is 2.40. The van der Waals surface area contributed by atoms with Crippen molar-refractivity contribution in [2.24, 2.45) is 5.92 Å². The Hall–Kier alpha value is -0.540. The van der Waals surface area contributed by atoms with Crippen molar-refractivity contribution in [3.8, 4) is 0 Å². The fourth-order valence-electron chi connectivity index (χ4n) is 2.54. The summed E-state index contributed by atoms with van der Waals surface area (Å²) in [5.74, 6) is 0.769. The second-order valence-electron chi connectivity index (χ2n) is 4.92. The molecule has 100 valence electrons. The average molecular weight is 287 g/mol. The van der Waals surface area contributed by atoms with E-state index < -0.39 is 9.84 Å². The predicted octanol–water partition coefficient (Wildman–Crippen LogP) is 3.35. The molecule has 2 rings (SSSR count). The Morgan fingerprint density at radius 1 is 1.33 bits per heavy atom. The summed E-state index contributed by atoms with van der Waals surface area (Å²) in [6, 6.07) is 8.21. The quantitative estimate of drug-likeness (QED) is 0.796. The molecule has 1 aliphatic carbocycles. The largest absolute Gasteiger partial charge is 0.229 e. The molecule has 0 heterocycles. The normalized spacial score (nSPS) is 23.7. The average Bonchev–Trinajstić information content (AvgIpc) is 2.38. The summed E-state index contributed by atoms with van der Waals surface area (Å²) in [5.41, 5.74) is 2.50. The van der Waals surface area contributed by atoms with E-state index in [0.29, 0.717) is 6.42 Å². The number of hydrogen-bond donors (Lipinski definition) is 0. The zero-order valence-corrected chi connectivity index (χ0v) is 12.2. The molecular weight excluding hydrogens is 268 g/mol. The molecule has 0 N–H and O–H groups in total. The van der Waals surface area contributed by atoms with Crippen molar-refractivity contribution >= 4 is 21.4 Å². The maximum absolute atomic E-state index is 11.6. The van der Waals surface area contributed by atoms with Crippen molar-refractivity contribution in [1.29, 1.82) is 0 Å². The molecule has 0 aromatic heterocycles. The van der Waals surface area contributed by atoms with Crippen LogP contribution in [0.1, 0.15) is 36.3 Å². The monoisotopic (exact) mass is 286 g/mol. The van der Waals surface area contributed by atoms with Gasteiger partial charge in [0.2, 0.25) is 0 Å². The molecule has 1 aromatic carbocycles. The van der Waals surface area contributed by atoms with Crippen LogP contribution in [0.5, 0.6) is 0 Å². The first-order valence-electron chi connectivity index (χ1n) is 6.46. The highest BCUT2D eigenvalue weighted by atomic mass is 35.5. The van der Waals surface area contributed by atoms with E-state index in [-0.39, 0.29) is 22.8 Å². The van der Waals surface area contributed by atoms with Gasteiger partial charge in [-0.2, -0.15) is 0 Å². The number of hydrogen-bond acceptors (Lipinski definition) is 2. The Labute approximate surface area is 114 Å². The zero-order chi connectivity index (χ0) is 13.2. The van der Waals surface area contributed by atoms with E-state index in [0.717, 1.165) is 12.8 Å². The number of sulfone groups is 1. The SMILES string of the molecule is CCS(=O)(=O)CCC1CCc2ccccc2C1Cl. The first kappa shape index (κ1) is 13.9. The number of halogens is 1. The van der Waals surface area contributed by atoms with Gasteiger partial charge in [0.15, 0.2) is 0 Å². The van der Waals surface area contributed by atoms with Gasteiger partial charge < -0.3 is 0 Å². The minimum atomic E-state index is -2.88. The molecule has 2 unspecified atom stereocenters. The zero-order valence-electron chi connectivity index (χ0n) is 10.6. The van der Waals surface area contributed by atoms with Crippen LogP contribution in [0.3, 0.4) is 0 Å². The Kier molecular flexibility index (Phi) is 4.33. The van der Waals surface area contributed by atoms with Crippen LogP contribution in [0.15, 0.2) is 24.3 Å². The molecule has 0 saturated heterocycles. The molecule has 18 heavy (non-hydrogen) atoms. The lowest BCUT2D eigenvalue weighted by atomic mass is 9.82. The van der Waals surface area contributed by atoms with Crippen LogP contribution >= 0.6 is 11.6 Å². The molecule has 0 spiro atoms. The molecule has 0 radical (unpaired) electrons. The summed E-state index contributed by atoms with van der Waals surface area (Å²) in [6.07, 6.45) is 2.68. The Morgan fingerprint density at radius 2 is 2.06 bits per heavy atom. The van der Waals surface area contributed by atoms with Gasteiger partial charge >= 0.3 is 0 Å². The van der Waals surface area contributed by atoms with E-state index in [4.69, 9.17) is 11.6 Å². The smallest absolute Gasteiger partial charge is 0.150 e. The van der Waals surface area contributed by atoms with Crippen LogP contribution in [0.25, 0.3) is 0 Å². The lowest BCUT2D eigenvalue weighted by Gasteiger charge is -2.29. The topological polar surface area (TPSA) is 34.1 Å². The Balaban J connectivity index is 2.06. The third-order valence-electron chi connectivity index (χ3n) is 3.79. The van der Waals surface area contributed by atoms with E-state index >= 15 is 0 Å². The van der Waals surface area contributed by atoms with Crippen molar-refractivity contribution in [3.63, 3.8) is 0 Å². The number of aryl methyl sites for hydroxylation is 1. The van der Waals surface area contributed by atoms with Gasteiger partial charge in [-0.15, -0.1) is 11.6 Å². The molecule has 2 nitrogen and oxygen atoms in total. The van der Waals surface area contributed by atoms with E-state index in [1.54, 1.807) is 6.92 Å². The highest BCUT2D eigenvalue weighted by molar-refractivity contribution is 7.91. The predicted molar refractivity (Wildman–Crippen MR) is 75.8 cm³/mol. The van der Waals surface area contributed by atoms with Crippen LogP contribution in [0.2, 0.25) is 0 Å². The number of alkyl halides is 1. The summed E-state index contributed by atoms with van der Waals surface area (Å²) in [4.78, 5) is 0. The van der Waals surface area contributed by atoms with Crippen molar-refractivity contribution in [1.82, 2.24) is 0 Å². The molecule has 0 bridgehead atoms. The minimum absolute atomic E-state index is 0.0398. The third-order valence-corrected chi connectivity index (χ3v) is 6.12. The second kappa shape index (κ2) is 5.62. The molecule has 2 atom stereocenters. The van der Waals surface area contributed by atoms with Crippen LogP contribution < -0.4 is 0 Å². The summed E-state index contributed by atoms with van der Waals surface area (Å²) >= 11 is 6.49. The fraction of sp³-hybridized carbons (Fsp3) is 0.571. The molecular formula is C14H19ClO2S. The first-order valence-corrected chi connectivity index (χ1v) is 8.71. The van der Waals surface area contributed by atoms with Crippen molar-refractivity contribution in [2.75, 3.05) is 11.5 Å². The standard InChI is InChI=1S/C14H19ClO2S/c1-2-18(16,17)10-9-12-8-7-11-5-3-4-6-13(11)14(12)15/h3-6,12,14H,2,7-10H2,1H3. The number of fused-ring (bicyclic) bond motifs is 1. The molecule has 0 aliphatic heterocycles. The molecule has 0 amide bonds. The van der Waals surface area contributed by atoms with Gasteiger partial charge in [-0.05, 0) is 36.3 Å². The maximum atomic E-state index is 11.6. The first-order chi connectivity index (χ1) is 8.53. The van der Waals surface area contributed by atoms with Gasteiger partial charge in [0.25, 0.3) is 0 Å². The van der Waals surface area contributed by atoms with Gasteiger partial charge in [0, 0.05) is 5.75 Å². The fourth-order valence-corrected chi connectivity index (χ4v) is 3.95. The van der Waals surface area contributed by atoms with E-state index in [1.807, 2.05) is 12.1 Å². The van der Waals surface area contributed by atoms with Crippen LogP contribution in [-0.4, -0.2) is 19.9 Å².